The highest BCUT2D eigenvalue weighted by atomic mass is 35.5. The fourth-order valence-electron chi connectivity index (χ4n) is 2.79. The van der Waals surface area contributed by atoms with Crippen molar-refractivity contribution in [3.8, 4) is 17.2 Å². The highest BCUT2D eigenvalue weighted by molar-refractivity contribution is 6.30. The summed E-state index contributed by atoms with van der Waals surface area (Å²) in [5, 5.41) is 10.8. The number of hydrogen-bond donors (Lipinski definition) is 1. The van der Waals surface area contributed by atoms with E-state index in [1.165, 1.54) is 12.8 Å². The molecule has 0 radical (unpaired) electrons. The first kappa shape index (κ1) is 19.9. The molecule has 1 heterocycles. The summed E-state index contributed by atoms with van der Waals surface area (Å²) >= 11 is 5.89. The number of β-amino-alcohol motifs (C(OH)–C–C–N with tert-alkyl or cyclic N) is 1. The Hall–Kier alpha value is -1.46. The van der Waals surface area contributed by atoms with Crippen LogP contribution in [0.3, 0.4) is 0 Å². The van der Waals surface area contributed by atoms with Gasteiger partial charge in [0.2, 0.25) is 0 Å². The first-order valence-electron chi connectivity index (χ1n) is 8.26. The lowest BCUT2D eigenvalue weighted by atomic mass is 10.3. The molecule has 1 fully saturated rings. The molecule has 1 saturated heterocycles. The van der Waals surface area contributed by atoms with Crippen molar-refractivity contribution in [1.82, 2.24) is 4.90 Å². The number of para-hydroxylation sites is 2. The summed E-state index contributed by atoms with van der Waals surface area (Å²) in [6, 6.07) is 14.6. The van der Waals surface area contributed by atoms with E-state index < -0.39 is 6.10 Å². The van der Waals surface area contributed by atoms with Gasteiger partial charge < -0.3 is 19.5 Å². The fraction of sp³-hybridized carbons (Fsp3) is 0.368. The van der Waals surface area contributed by atoms with Crippen molar-refractivity contribution in [3.63, 3.8) is 0 Å². The van der Waals surface area contributed by atoms with Crippen LogP contribution < -0.4 is 9.47 Å². The van der Waals surface area contributed by atoms with Crippen molar-refractivity contribution >= 4 is 24.0 Å². The van der Waals surface area contributed by atoms with Gasteiger partial charge >= 0.3 is 0 Å². The highest BCUT2D eigenvalue weighted by Gasteiger charge is 2.16. The van der Waals surface area contributed by atoms with Gasteiger partial charge in [-0.15, -0.1) is 12.4 Å². The molecule has 1 aliphatic rings. The molecular formula is C19H23Cl2NO3. The number of halogens is 2. The second kappa shape index (κ2) is 9.88. The van der Waals surface area contributed by atoms with E-state index in [2.05, 4.69) is 4.90 Å². The van der Waals surface area contributed by atoms with Crippen LogP contribution in [0.4, 0.5) is 0 Å². The fourth-order valence-corrected chi connectivity index (χ4v) is 2.91. The van der Waals surface area contributed by atoms with Crippen LogP contribution in [0.15, 0.2) is 48.5 Å². The zero-order valence-corrected chi connectivity index (χ0v) is 15.5. The number of hydrogen-bond acceptors (Lipinski definition) is 4. The van der Waals surface area contributed by atoms with Crippen LogP contribution in [-0.2, 0) is 0 Å². The predicted octanol–water partition coefficient (Wildman–Crippen LogP) is 4.39. The molecule has 0 spiro atoms. The number of ether oxygens (including phenoxy) is 2. The van der Waals surface area contributed by atoms with Gasteiger partial charge in [0.15, 0.2) is 11.5 Å². The zero-order valence-electron chi connectivity index (χ0n) is 13.9. The summed E-state index contributed by atoms with van der Waals surface area (Å²) in [5.41, 5.74) is 0. The number of nitrogens with zero attached hydrogens (tertiary/aromatic N) is 1. The van der Waals surface area contributed by atoms with Crippen molar-refractivity contribution in [3.05, 3.63) is 53.6 Å². The summed E-state index contributed by atoms with van der Waals surface area (Å²) in [5.74, 6) is 1.93. The normalized spacial score (nSPS) is 15.4. The minimum Gasteiger partial charge on any atom is -0.487 e. The standard InChI is InChI=1S/C19H22ClNO3.ClH/c20-15-7-9-17(10-8-15)24-19-6-2-1-5-18(19)23-14-16(22)13-21-11-3-4-12-21;/h1-2,5-10,16,22H,3-4,11-14H2;1H. The predicted molar refractivity (Wildman–Crippen MR) is 102 cm³/mol. The Bertz CT molecular complexity index is 645. The summed E-state index contributed by atoms with van der Waals surface area (Å²) < 4.78 is 11.6. The second-order valence-electron chi connectivity index (χ2n) is 5.98. The van der Waals surface area contributed by atoms with Crippen LogP contribution in [0.25, 0.3) is 0 Å². The van der Waals surface area contributed by atoms with E-state index in [1.54, 1.807) is 24.3 Å². The Balaban J connectivity index is 0.00000225. The van der Waals surface area contributed by atoms with Gasteiger partial charge in [-0.2, -0.15) is 0 Å². The minimum atomic E-state index is -0.508. The average molecular weight is 384 g/mol. The third-order valence-electron chi connectivity index (χ3n) is 3.99. The van der Waals surface area contributed by atoms with Crippen LogP contribution in [0, 0.1) is 0 Å². The highest BCUT2D eigenvalue weighted by Crippen LogP contribution is 2.31. The lowest BCUT2D eigenvalue weighted by molar-refractivity contribution is 0.0749. The SMILES string of the molecule is Cl.OC(COc1ccccc1Oc1ccc(Cl)cc1)CN1CCCC1. The summed E-state index contributed by atoms with van der Waals surface area (Å²) in [7, 11) is 0. The molecular weight excluding hydrogens is 361 g/mol. The molecule has 3 rings (SSSR count). The van der Waals surface area contributed by atoms with Gasteiger partial charge in [0.25, 0.3) is 0 Å². The lowest BCUT2D eigenvalue weighted by Gasteiger charge is -2.20. The summed E-state index contributed by atoms with van der Waals surface area (Å²) in [4.78, 5) is 2.27. The Kier molecular flexibility index (Phi) is 7.85. The first-order chi connectivity index (χ1) is 11.7. The first-order valence-corrected chi connectivity index (χ1v) is 8.64. The topological polar surface area (TPSA) is 41.9 Å². The molecule has 2 aromatic carbocycles. The molecule has 136 valence electrons. The second-order valence-corrected chi connectivity index (χ2v) is 6.41. The number of likely N-dealkylation sites (tertiary alicyclic amines) is 1. The van der Waals surface area contributed by atoms with E-state index in [4.69, 9.17) is 21.1 Å². The molecule has 4 nitrogen and oxygen atoms in total. The number of aliphatic hydroxyl groups excluding tert-OH is 1. The molecule has 0 aromatic heterocycles. The van der Waals surface area contributed by atoms with Crippen LogP contribution in [0.1, 0.15) is 12.8 Å². The van der Waals surface area contributed by atoms with Crippen LogP contribution in [-0.4, -0.2) is 42.4 Å². The van der Waals surface area contributed by atoms with E-state index in [0.29, 0.717) is 28.8 Å². The number of rotatable bonds is 7. The van der Waals surface area contributed by atoms with Crippen molar-refractivity contribution < 1.29 is 14.6 Å². The van der Waals surface area contributed by atoms with Crippen molar-refractivity contribution in [2.24, 2.45) is 0 Å². The third kappa shape index (κ3) is 6.08. The third-order valence-corrected chi connectivity index (χ3v) is 4.24. The van der Waals surface area contributed by atoms with Gasteiger partial charge in [-0.1, -0.05) is 23.7 Å². The molecule has 6 heteroatoms. The molecule has 1 N–H and O–H groups in total. The summed E-state index contributed by atoms with van der Waals surface area (Å²) in [6.45, 7) is 3.03. The van der Waals surface area contributed by atoms with E-state index in [9.17, 15) is 5.11 Å². The van der Waals surface area contributed by atoms with Gasteiger partial charge in [-0.25, -0.2) is 0 Å². The van der Waals surface area contributed by atoms with Gasteiger partial charge in [0.05, 0.1) is 0 Å². The zero-order chi connectivity index (χ0) is 16.8. The van der Waals surface area contributed by atoms with E-state index in [0.717, 1.165) is 13.1 Å². The molecule has 0 saturated carbocycles. The minimum absolute atomic E-state index is 0. The van der Waals surface area contributed by atoms with Crippen LogP contribution >= 0.6 is 24.0 Å². The van der Waals surface area contributed by atoms with Crippen LogP contribution in [0.2, 0.25) is 5.02 Å². The van der Waals surface area contributed by atoms with Gasteiger partial charge in [-0.3, -0.25) is 0 Å². The molecule has 1 aliphatic heterocycles. The Morgan fingerprint density at radius 3 is 2.32 bits per heavy atom. The maximum absolute atomic E-state index is 10.2. The van der Waals surface area contributed by atoms with Gasteiger partial charge in [0, 0.05) is 11.6 Å². The quantitative estimate of drug-likeness (QED) is 0.769. The Labute approximate surface area is 159 Å². The maximum Gasteiger partial charge on any atom is 0.169 e. The monoisotopic (exact) mass is 383 g/mol. The van der Waals surface area contributed by atoms with Crippen molar-refractivity contribution in [2.45, 2.75) is 18.9 Å². The van der Waals surface area contributed by atoms with Gasteiger partial charge in [-0.05, 0) is 62.3 Å². The maximum atomic E-state index is 10.2. The molecule has 25 heavy (non-hydrogen) atoms. The number of benzene rings is 2. The van der Waals surface area contributed by atoms with E-state index in [-0.39, 0.29) is 19.0 Å². The number of aliphatic hydroxyl groups is 1. The molecule has 0 amide bonds. The van der Waals surface area contributed by atoms with Crippen molar-refractivity contribution in [1.29, 1.82) is 0 Å². The van der Waals surface area contributed by atoms with Crippen LogP contribution in [0.5, 0.6) is 17.2 Å². The molecule has 2 aromatic rings. The largest absolute Gasteiger partial charge is 0.487 e. The van der Waals surface area contributed by atoms with E-state index in [1.807, 2.05) is 24.3 Å². The van der Waals surface area contributed by atoms with E-state index >= 15 is 0 Å². The molecule has 0 bridgehead atoms. The molecule has 1 atom stereocenters. The smallest absolute Gasteiger partial charge is 0.169 e. The lowest BCUT2D eigenvalue weighted by Crippen LogP contribution is -2.33. The average Bonchev–Trinajstić information content (AvgIpc) is 3.09. The van der Waals surface area contributed by atoms with Crippen molar-refractivity contribution in [2.75, 3.05) is 26.2 Å². The Morgan fingerprint density at radius 1 is 1.00 bits per heavy atom. The van der Waals surface area contributed by atoms with Gasteiger partial charge in [0.1, 0.15) is 18.5 Å². The molecule has 0 aliphatic carbocycles. The summed E-state index contributed by atoms with van der Waals surface area (Å²) in [6.07, 6.45) is 1.92. The molecule has 1 unspecified atom stereocenters. The Morgan fingerprint density at radius 2 is 1.64 bits per heavy atom.